The van der Waals surface area contributed by atoms with Crippen LogP contribution in [0.2, 0.25) is 10.0 Å². The second kappa shape index (κ2) is 5.49. The Morgan fingerprint density at radius 3 is 2.25 bits per heavy atom. The molecule has 0 heterocycles. The van der Waals surface area contributed by atoms with Gasteiger partial charge in [-0.15, -0.1) is 0 Å². The molecule has 2 rings (SSSR count). The molecule has 0 aliphatic carbocycles. The maximum atomic E-state index is 11.0. The normalized spacial score (nSPS) is 11.3. The molecule has 8 heteroatoms. The minimum atomic E-state index is -4.55. The van der Waals surface area contributed by atoms with Gasteiger partial charge in [0.25, 0.3) is 0 Å². The summed E-state index contributed by atoms with van der Waals surface area (Å²) in [7, 11) is -4.55. The SMILES string of the molecule is O=S(=O)(O)Nc1c(-c2ccccc2)cc(Cl)c(O)c1Cl. The van der Waals surface area contributed by atoms with Crippen molar-refractivity contribution in [2.75, 3.05) is 4.72 Å². The second-order valence-corrected chi connectivity index (χ2v) is 5.83. The molecule has 2 aromatic rings. The number of rotatable bonds is 3. The topological polar surface area (TPSA) is 86.6 Å². The summed E-state index contributed by atoms with van der Waals surface area (Å²) >= 11 is 11.7. The Morgan fingerprint density at radius 2 is 1.70 bits per heavy atom. The van der Waals surface area contributed by atoms with Crippen LogP contribution < -0.4 is 4.72 Å². The van der Waals surface area contributed by atoms with Crippen molar-refractivity contribution in [2.45, 2.75) is 0 Å². The zero-order valence-corrected chi connectivity index (χ0v) is 12.2. The summed E-state index contributed by atoms with van der Waals surface area (Å²) in [4.78, 5) is 0. The zero-order valence-electron chi connectivity index (χ0n) is 9.84. The van der Waals surface area contributed by atoms with Crippen molar-refractivity contribution in [2.24, 2.45) is 0 Å². The molecule has 0 saturated heterocycles. The molecule has 0 spiro atoms. The summed E-state index contributed by atoms with van der Waals surface area (Å²) < 4.78 is 32.8. The van der Waals surface area contributed by atoms with Crippen LogP contribution in [0.1, 0.15) is 0 Å². The van der Waals surface area contributed by atoms with Gasteiger partial charge in [0.1, 0.15) is 5.02 Å². The van der Waals surface area contributed by atoms with Gasteiger partial charge in [0.15, 0.2) is 5.75 Å². The number of aromatic hydroxyl groups is 1. The van der Waals surface area contributed by atoms with Crippen LogP contribution in [0, 0.1) is 0 Å². The molecule has 5 nitrogen and oxygen atoms in total. The Hall–Kier alpha value is -1.47. The lowest BCUT2D eigenvalue weighted by Crippen LogP contribution is -2.11. The molecule has 0 atom stereocenters. The molecule has 2 aromatic carbocycles. The third kappa shape index (κ3) is 3.16. The lowest BCUT2D eigenvalue weighted by atomic mass is 10.0. The molecule has 20 heavy (non-hydrogen) atoms. The van der Waals surface area contributed by atoms with Crippen molar-refractivity contribution >= 4 is 39.2 Å². The Morgan fingerprint density at radius 1 is 1.10 bits per heavy atom. The highest BCUT2D eigenvalue weighted by molar-refractivity contribution is 7.87. The van der Waals surface area contributed by atoms with Gasteiger partial charge in [0.05, 0.1) is 10.7 Å². The first-order valence-corrected chi connectivity index (χ1v) is 7.51. The Balaban J connectivity index is 2.73. The predicted octanol–water partition coefficient (Wildman–Crippen LogP) is 3.58. The molecule has 0 fully saturated rings. The van der Waals surface area contributed by atoms with Crippen molar-refractivity contribution in [1.29, 1.82) is 0 Å². The van der Waals surface area contributed by atoms with E-state index < -0.39 is 16.1 Å². The van der Waals surface area contributed by atoms with E-state index >= 15 is 0 Å². The first-order valence-electron chi connectivity index (χ1n) is 5.31. The lowest BCUT2D eigenvalue weighted by Gasteiger charge is -2.14. The second-order valence-electron chi connectivity index (χ2n) is 3.89. The van der Waals surface area contributed by atoms with Crippen molar-refractivity contribution in [1.82, 2.24) is 0 Å². The van der Waals surface area contributed by atoms with E-state index in [1.54, 1.807) is 30.3 Å². The van der Waals surface area contributed by atoms with Crippen LogP contribution in [0.3, 0.4) is 0 Å². The monoisotopic (exact) mass is 333 g/mol. The fourth-order valence-electron chi connectivity index (χ4n) is 1.68. The number of nitrogens with one attached hydrogen (secondary N) is 1. The maximum absolute atomic E-state index is 11.0. The van der Waals surface area contributed by atoms with Crippen LogP contribution in [0.15, 0.2) is 36.4 Å². The summed E-state index contributed by atoms with van der Waals surface area (Å²) in [5.41, 5.74) is 0.792. The van der Waals surface area contributed by atoms with Gasteiger partial charge >= 0.3 is 10.3 Å². The van der Waals surface area contributed by atoms with E-state index in [1.807, 2.05) is 4.72 Å². The van der Waals surface area contributed by atoms with Crippen LogP contribution in [0.4, 0.5) is 5.69 Å². The number of halogens is 2. The third-order valence-corrected chi connectivity index (χ3v) is 3.63. The van der Waals surface area contributed by atoms with Crippen molar-refractivity contribution < 1.29 is 18.1 Å². The number of phenols is 1. The van der Waals surface area contributed by atoms with Crippen LogP contribution in [0.25, 0.3) is 11.1 Å². The molecule has 0 amide bonds. The van der Waals surface area contributed by atoms with E-state index in [0.29, 0.717) is 11.1 Å². The highest BCUT2D eigenvalue weighted by Crippen LogP contribution is 2.44. The summed E-state index contributed by atoms with van der Waals surface area (Å²) in [6.45, 7) is 0. The van der Waals surface area contributed by atoms with Crippen molar-refractivity contribution in [3.8, 4) is 16.9 Å². The average molecular weight is 334 g/mol. The van der Waals surface area contributed by atoms with Crippen LogP contribution >= 0.6 is 23.2 Å². The van der Waals surface area contributed by atoms with Gasteiger partial charge in [-0.2, -0.15) is 8.42 Å². The molecule has 0 aliphatic heterocycles. The summed E-state index contributed by atoms with van der Waals surface area (Å²) in [5.74, 6) is -0.473. The fraction of sp³-hybridized carbons (Fsp3) is 0. The summed E-state index contributed by atoms with van der Waals surface area (Å²) in [6, 6.07) is 10.0. The average Bonchev–Trinajstić information content (AvgIpc) is 2.39. The highest BCUT2D eigenvalue weighted by Gasteiger charge is 2.19. The molecular weight excluding hydrogens is 325 g/mol. The van der Waals surface area contributed by atoms with E-state index in [0.717, 1.165) is 0 Å². The van der Waals surface area contributed by atoms with E-state index in [4.69, 9.17) is 27.8 Å². The Labute approximate surface area is 125 Å². The number of hydrogen-bond acceptors (Lipinski definition) is 3. The number of benzene rings is 2. The van der Waals surface area contributed by atoms with Gasteiger partial charge < -0.3 is 5.11 Å². The van der Waals surface area contributed by atoms with Crippen LogP contribution in [-0.4, -0.2) is 18.1 Å². The lowest BCUT2D eigenvalue weighted by molar-refractivity contribution is 0.476. The molecule has 0 bridgehead atoms. The molecule has 3 N–H and O–H groups in total. The minimum absolute atomic E-state index is 0.0326. The molecule has 0 radical (unpaired) electrons. The van der Waals surface area contributed by atoms with Crippen LogP contribution in [0.5, 0.6) is 5.75 Å². The van der Waals surface area contributed by atoms with Gasteiger partial charge in [0, 0.05) is 5.56 Å². The summed E-state index contributed by atoms with van der Waals surface area (Å²) in [6.07, 6.45) is 0. The Bertz CT molecular complexity index is 748. The smallest absolute Gasteiger partial charge is 0.357 e. The quantitative estimate of drug-likeness (QED) is 0.749. The minimum Gasteiger partial charge on any atom is -0.505 e. The summed E-state index contributed by atoms with van der Waals surface area (Å²) in [5, 5.41) is 9.35. The first-order chi connectivity index (χ1) is 9.29. The van der Waals surface area contributed by atoms with Gasteiger partial charge in [-0.3, -0.25) is 9.27 Å². The zero-order chi connectivity index (χ0) is 14.9. The molecule has 0 aliphatic rings. The molecule has 0 aromatic heterocycles. The number of hydrogen-bond donors (Lipinski definition) is 3. The van der Waals surface area contributed by atoms with Gasteiger partial charge in [-0.05, 0) is 11.6 Å². The van der Waals surface area contributed by atoms with E-state index in [9.17, 15) is 13.5 Å². The van der Waals surface area contributed by atoms with Crippen molar-refractivity contribution in [3.63, 3.8) is 0 Å². The largest absolute Gasteiger partial charge is 0.505 e. The first kappa shape index (κ1) is 14.9. The predicted molar refractivity (Wildman–Crippen MR) is 78.7 cm³/mol. The fourth-order valence-corrected chi connectivity index (χ4v) is 2.71. The van der Waals surface area contributed by atoms with Gasteiger partial charge in [-0.25, -0.2) is 0 Å². The van der Waals surface area contributed by atoms with E-state index in [-0.39, 0.29) is 15.7 Å². The molecule has 106 valence electrons. The van der Waals surface area contributed by atoms with E-state index in [1.165, 1.54) is 6.07 Å². The molecular formula is C12H9Cl2NO4S. The molecule has 0 unspecified atom stereocenters. The van der Waals surface area contributed by atoms with Gasteiger partial charge in [0.2, 0.25) is 0 Å². The number of phenolic OH excluding ortho intramolecular Hbond substituents is 1. The number of anilines is 1. The van der Waals surface area contributed by atoms with E-state index in [2.05, 4.69) is 0 Å². The maximum Gasteiger partial charge on any atom is 0.357 e. The van der Waals surface area contributed by atoms with Gasteiger partial charge in [-0.1, -0.05) is 53.5 Å². The standard InChI is InChI=1S/C12H9Cl2NO4S/c13-9-6-8(7-4-2-1-3-5-7)11(10(14)12(9)16)15-20(17,18)19/h1-6,15-16H,(H,17,18,19). The van der Waals surface area contributed by atoms with Crippen molar-refractivity contribution in [3.05, 3.63) is 46.4 Å². The molecule has 0 saturated carbocycles. The highest BCUT2D eigenvalue weighted by atomic mass is 35.5. The Kier molecular flexibility index (Phi) is 4.10. The van der Waals surface area contributed by atoms with Crippen LogP contribution in [-0.2, 0) is 10.3 Å². The third-order valence-electron chi connectivity index (χ3n) is 2.51.